The summed E-state index contributed by atoms with van der Waals surface area (Å²) in [4.78, 5) is 23.1. The topological polar surface area (TPSA) is 54.4 Å². The standard InChI is InChI=1S/C11H24NO2.C9H20NO.2CH4/c1-11(2,3)10(14)7-9(13)8-12(4,5)6;1-9(2,3)8(11)7-10(4,5)6;;/h9,13H,7-8H2,1-6H3;7H2,1-6H3;2*1H4/q2*+1;;. The SMILES string of the molecule is C.C.CC(C)(C)C(=O)CC(O)C[N+](C)(C)C.CC(C)(C)C(=O)C[N+](C)(C)C. The second-order valence-electron chi connectivity index (χ2n) is 11.1. The molecule has 0 saturated heterocycles. The van der Waals surface area contributed by atoms with Crippen molar-refractivity contribution in [2.24, 2.45) is 10.8 Å². The summed E-state index contributed by atoms with van der Waals surface area (Å²) in [5.74, 6) is 0.448. The second-order valence-corrected chi connectivity index (χ2v) is 11.1. The predicted molar refractivity (Wildman–Crippen MR) is 119 cm³/mol. The van der Waals surface area contributed by atoms with E-state index in [-0.39, 0.29) is 37.9 Å². The third-order valence-corrected chi connectivity index (χ3v) is 3.47. The van der Waals surface area contributed by atoms with Gasteiger partial charge in [-0.15, -0.1) is 0 Å². The highest BCUT2D eigenvalue weighted by Crippen LogP contribution is 2.18. The van der Waals surface area contributed by atoms with Gasteiger partial charge in [-0.25, -0.2) is 0 Å². The first-order valence-corrected chi connectivity index (χ1v) is 9.01. The fourth-order valence-electron chi connectivity index (χ4n) is 1.88. The number of aliphatic hydroxyl groups is 1. The van der Waals surface area contributed by atoms with Gasteiger partial charge in [0.15, 0.2) is 5.78 Å². The van der Waals surface area contributed by atoms with Crippen molar-refractivity contribution >= 4 is 11.6 Å². The minimum atomic E-state index is -0.526. The quantitative estimate of drug-likeness (QED) is 0.702. The third kappa shape index (κ3) is 21.4. The van der Waals surface area contributed by atoms with Crippen molar-refractivity contribution in [2.45, 2.75) is 68.9 Å². The fraction of sp³-hybridized carbons (Fsp3) is 0.909. The number of carbonyl (C=O) groups excluding carboxylic acids is 2. The first-order valence-electron chi connectivity index (χ1n) is 9.01. The van der Waals surface area contributed by atoms with Crippen molar-refractivity contribution in [3.05, 3.63) is 0 Å². The van der Waals surface area contributed by atoms with Crippen LogP contribution in [0.3, 0.4) is 0 Å². The van der Waals surface area contributed by atoms with Gasteiger partial charge >= 0.3 is 0 Å². The summed E-state index contributed by atoms with van der Waals surface area (Å²) in [6, 6.07) is 0. The van der Waals surface area contributed by atoms with E-state index in [0.717, 1.165) is 4.48 Å². The lowest BCUT2D eigenvalue weighted by atomic mass is 9.87. The molecule has 0 bridgehead atoms. The molecule has 27 heavy (non-hydrogen) atoms. The predicted octanol–water partition coefficient (Wildman–Crippen LogP) is 3.64. The molecule has 0 rings (SSSR count). The number of aliphatic hydroxyl groups excluding tert-OH is 1. The van der Waals surface area contributed by atoms with Crippen LogP contribution < -0.4 is 0 Å². The highest BCUT2D eigenvalue weighted by Gasteiger charge is 2.27. The van der Waals surface area contributed by atoms with Crippen molar-refractivity contribution in [1.29, 1.82) is 0 Å². The van der Waals surface area contributed by atoms with Crippen LogP contribution >= 0.6 is 0 Å². The number of Topliss-reactive ketones (excluding diaryl/α,β-unsaturated/α-hetero) is 2. The number of likely N-dealkylation sites (N-methyl/N-ethyl adjacent to an activating group) is 2. The van der Waals surface area contributed by atoms with Crippen molar-refractivity contribution in [1.82, 2.24) is 0 Å². The number of hydrogen-bond donors (Lipinski definition) is 1. The van der Waals surface area contributed by atoms with E-state index < -0.39 is 6.10 Å². The molecule has 0 aliphatic carbocycles. The van der Waals surface area contributed by atoms with E-state index in [2.05, 4.69) is 0 Å². The Labute approximate surface area is 170 Å². The lowest BCUT2D eigenvalue weighted by Gasteiger charge is -2.27. The van der Waals surface area contributed by atoms with Gasteiger partial charge in [-0.3, -0.25) is 9.59 Å². The van der Waals surface area contributed by atoms with Crippen molar-refractivity contribution in [3.8, 4) is 0 Å². The van der Waals surface area contributed by atoms with Crippen LogP contribution in [0.1, 0.15) is 62.8 Å². The molecule has 0 spiro atoms. The molecular weight excluding hydrogens is 340 g/mol. The Hall–Kier alpha value is -0.780. The van der Waals surface area contributed by atoms with E-state index in [1.807, 2.05) is 83.8 Å². The molecule has 0 fully saturated rings. The zero-order valence-electron chi connectivity index (χ0n) is 18.9. The van der Waals surface area contributed by atoms with Gasteiger partial charge in [0.25, 0.3) is 0 Å². The van der Waals surface area contributed by atoms with Gasteiger partial charge in [-0.2, -0.15) is 0 Å². The highest BCUT2D eigenvalue weighted by atomic mass is 16.3. The van der Waals surface area contributed by atoms with E-state index in [4.69, 9.17) is 0 Å². The molecule has 0 amide bonds. The molecule has 5 heteroatoms. The molecule has 0 aromatic rings. The Balaban J connectivity index is -0.000000187. The van der Waals surface area contributed by atoms with Crippen molar-refractivity contribution < 1.29 is 23.7 Å². The Kier molecular flexibility index (Phi) is 14.9. The van der Waals surface area contributed by atoms with E-state index >= 15 is 0 Å². The first kappa shape index (κ1) is 33.8. The summed E-state index contributed by atoms with van der Waals surface area (Å²) >= 11 is 0. The van der Waals surface area contributed by atoms with Gasteiger partial charge in [0.05, 0.1) is 42.3 Å². The highest BCUT2D eigenvalue weighted by molar-refractivity contribution is 5.84. The number of nitrogens with zero attached hydrogens (tertiary/aromatic N) is 2. The van der Waals surface area contributed by atoms with Gasteiger partial charge in [0.2, 0.25) is 0 Å². The van der Waals surface area contributed by atoms with Gasteiger partial charge in [0, 0.05) is 17.3 Å². The van der Waals surface area contributed by atoms with Crippen LogP contribution in [0.4, 0.5) is 0 Å². The maximum Gasteiger partial charge on any atom is 0.192 e. The van der Waals surface area contributed by atoms with E-state index in [9.17, 15) is 14.7 Å². The molecule has 0 radical (unpaired) electrons. The average Bonchev–Trinajstić information content (AvgIpc) is 2.21. The van der Waals surface area contributed by atoms with Crippen molar-refractivity contribution in [3.63, 3.8) is 0 Å². The molecular formula is C22H52N2O3+2. The molecule has 0 aliphatic rings. The summed E-state index contributed by atoms with van der Waals surface area (Å²) < 4.78 is 1.40. The lowest BCUT2D eigenvalue weighted by molar-refractivity contribution is -0.873. The molecule has 1 N–H and O–H groups in total. The van der Waals surface area contributed by atoms with Crippen LogP contribution in [0.25, 0.3) is 0 Å². The Morgan fingerprint density at radius 3 is 1.26 bits per heavy atom. The number of hydrogen-bond acceptors (Lipinski definition) is 3. The van der Waals surface area contributed by atoms with Crippen LogP contribution in [0.2, 0.25) is 0 Å². The largest absolute Gasteiger partial charge is 0.387 e. The first-order chi connectivity index (χ1) is 10.6. The summed E-state index contributed by atoms with van der Waals surface area (Å²) in [6.07, 6.45) is -0.263. The summed E-state index contributed by atoms with van der Waals surface area (Å²) in [7, 11) is 12.1. The Morgan fingerprint density at radius 1 is 0.741 bits per heavy atom. The molecule has 5 nitrogen and oxygen atoms in total. The molecule has 0 saturated carbocycles. The third-order valence-electron chi connectivity index (χ3n) is 3.47. The minimum absolute atomic E-state index is 0. The minimum Gasteiger partial charge on any atom is -0.387 e. The smallest absolute Gasteiger partial charge is 0.192 e. The Bertz CT molecular complexity index is 430. The fourth-order valence-corrected chi connectivity index (χ4v) is 1.88. The molecule has 0 aromatic carbocycles. The van der Waals surface area contributed by atoms with Gasteiger partial charge in [-0.1, -0.05) is 56.4 Å². The summed E-state index contributed by atoms with van der Waals surface area (Å²) in [6.45, 7) is 12.8. The van der Waals surface area contributed by atoms with Gasteiger partial charge in [0.1, 0.15) is 25.0 Å². The molecule has 1 unspecified atom stereocenters. The summed E-state index contributed by atoms with van der Waals surface area (Å²) in [5.41, 5.74) is -0.530. The van der Waals surface area contributed by atoms with E-state index in [0.29, 0.717) is 23.4 Å². The molecule has 166 valence electrons. The zero-order chi connectivity index (χ0) is 20.9. The second kappa shape index (κ2) is 11.9. The van der Waals surface area contributed by atoms with E-state index in [1.165, 1.54) is 0 Å². The maximum absolute atomic E-state index is 11.6. The van der Waals surface area contributed by atoms with Crippen LogP contribution in [0.15, 0.2) is 0 Å². The molecule has 1 atom stereocenters. The number of carbonyl (C=O) groups is 2. The van der Waals surface area contributed by atoms with Crippen molar-refractivity contribution in [2.75, 3.05) is 55.4 Å². The maximum atomic E-state index is 11.6. The van der Waals surface area contributed by atoms with Crippen LogP contribution in [-0.4, -0.2) is 87.1 Å². The monoisotopic (exact) mass is 392 g/mol. The average molecular weight is 393 g/mol. The summed E-state index contributed by atoms with van der Waals surface area (Å²) in [5, 5.41) is 9.68. The van der Waals surface area contributed by atoms with Gasteiger partial charge < -0.3 is 14.1 Å². The molecule has 0 heterocycles. The van der Waals surface area contributed by atoms with Crippen LogP contribution in [-0.2, 0) is 9.59 Å². The van der Waals surface area contributed by atoms with Gasteiger partial charge in [-0.05, 0) is 0 Å². The molecule has 0 aromatic heterocycles. The zero-order valence-corrected chi connectivity index (χ0v) is 18.9. The van der Waals surface area contributed by atoms with Crippen LogP contribution in [0.5, 0.6) is 0 Å². The number of ketones is 2. The van der Waals surface area contributed by atoms with E-state index in [1.54, 1.807) is 0 Å². The van der Waals surface area contributed by atoms with Crippen LogP contribution in [0, 0.1) is 10.8 Å². The molecule has 0 aliphatic heterocycles. The number of rotatable bonds is 6. The normalized spacial score (nSPS) is 13.4. The Morgan fingerprint density at radius 2 is 1.07 bits per heavy atom. The lowest BCUT2D eigenvalue weighted by Crippen LogP contribution is -2.43. The number of quaternary nitrogens is 2.